The van der Waals surface area contributed by atoms with Gasteiger partial charge in [-0.25, -0.2) is 8.78 Å². The largest absolute Gasteiger partial charge is 0.256 e. The Balaban J connectivity index is 2.43. The van der Waals surface area contributed by atoms with Crippen LogP contribution in [0.15, 0.2) is 36.5 Å². The van der Waals surface area contributed by atoms with Gasteiger partial charge in [-0.05, 0) is 36.7 Å². The van der Waals surface area contributed by atoms with Crippen molar-refractivity contribution < 1.29 is 12.9 Å². The van der Waals surface area contributed by atoms with Crippen LogP contribution in [0.3, 0.4) is 0 Å². The standard InChI is InChI=1S/C12H9F2N/c1-8-2-5-12(15-7-8)10-6-9(13)3-4-11(10)14/h2-7H,1H3/i1D3. The van der Waals surface area contributed by atoms with E-state index in [9.17, 15) is 8.78 Å². The van der Waals surface area contributed by atoms with E-state index in [1.807, 2.05) is 0 Å². The van der Waals surface area contributed by atoms with E-state index in [0.717, 1.165) is 24.4 Å². The van der Waals surface area contributed by atoms with Gasteiger partial charge in [0, 0.05) is 15.9 Å². The fourth-order valence-electron chi connectivity index (χ4n) is 1.25. The third-order valence-corrected chi connectivity index (χ3v) is 1.97. The minimum atomic E-state index is -2.26. The summed E-state index contributed by atoms with van der Waals surface area (Å²) in [6.07, 6.45) is 1.15. The zero-order valence-corrected chi connectivity index (χ0v) is 7.67. The normalized spacial score (nSPS) is 14.1. The highest BCUT2D eigenvalue weighted by atomic mass is 19.1. The molecule has 15 heavy (non-hydrogen) atoms. The summed E-state index contributed by atoms with van der Waals surface area (Å²) >= 11 is 0. The maximum atomic E-state index is 13.5. The summed E-state index contributed by atoms with van der Waals surface area (Å²) in [6.45, 7) is -2.26. The summed E-state index contributed by atoms with van der Waals surface area (Å²) in [4.78, 5) is 3.85. The highest BCUT2D eigenvalue weighted by Crippen LogP contribution is 2.21. The van der Waals surface area contributed by atoms with Crippen molar-refractivity contribution in [3.8, 4) is 11.3 Å². The maximum absolute atomic E-state index is 13.5. The lowest BCUT2D eigenvalue weighted by Gasteiger charge is -2.02. The van der Waals surface area contributed by atoms with Crippen LogP contribution in [-0.4, -0.2) is 4.98 Å². The summed E-state index contributed by atoms with van der Waals surface area (Å²) in [5.41, 5.74) is 0.259. The predicted molar refractivity (Wildman–Crippen MR) is 54.3 cm³/mol. The first kappa shape index (κ1) is 6.67. The van der Waals surface area contributed by atoms with Crippen molar-refractivity contribution in [3.63, 3.8) is 0 Å². The van der Waals surface area contributed by atoms with Gasteiger partial charge in [-0.1, -0.05) is 6.07 Å². The Morgan fingerprint density at radius 3 is 2.73 bits per heavy atom. The van der Waals surface area contributed by atoms with Crippen LogP contribution >= 0.6 is 0 Å². The quantitative estimate of drug-likeness (QED) is 0.700. The molecule has 3 heteroatoms. The smallest absolute Gasteiger partial charge is 0.132 e. The Labute approximate surface area is 90.6 Å². The molecule has 1 aromatic heterocycles. The second-order valence-corrected chi connectivity index (χ2v) is 3.06. The van der Waals surface area contributed by atoms with Crippen LogP contribution in [0.1, 0.15) is 9.68 Å². The highest BCUT2D eigenvalue weighted by molar-refractivity contribution is 5.59. The molecule has 0 saturated heterocycles. The van der Waals surface area contributed by atoms with Gasteiger partial charge in [0.1, 0.15) is 11.6 Å². The topological polar surface area (TPSA) is 12.9 Å². The molecule has 0 fully saturated rings. The van der Waals surface area contributed by atoms with Crippen molar-refractivity contribution in [2.75, 3.05) is 0 Å². The monoisotopic (exact) mass is 208 g/mol. The van der Waals surface area contributed by atoms with Crippen molar-refractivity contribution in [2.45, 2.75) is 6.85 Å². The Hall–Kier alpha value is -1.77. The molecule has 2 rings (SSSR count). The molecule has 0 unspecified atom stereocenters. The molecule has 0 N–H and O–H groups in total. The minimum Gasteiger partial charge on any atom is -0.256 e. The molecule has 0 saturated carbocycles. The highest BCUT2D eigenvalue weighted by Gasteiger charge is 2.06. The van der Waals surface area contributed by atoms with Gasteiger partial charge in [-0.2, -0.15) is 0 Å². The van der Waals surface area contributed by atoms with Crippen LogP contribution in [0, 0.1) is 18.5 Å². The Bertz CT molecular complexity index is 565. The molecule has 1 heterocycles. The zero-order valence-electron chi connectivity index (χ0n) is 10.7. The summed E-state index contributed by atoms with van der Waals surface area (Å²) in [7, 11) is 0. The molecular weight excluding hydrogens is 196 g/mol. The van der Waals surface area contributed by atoms with E-state index >= 15 is 0 Å². The van der Waals surface area contributed by atoms with E-state index < -0.39 is 18.5 Å². The van der Waals surface area contributed by atoms with Crippen LogP contribution in [0.2, 0.25) is 0 Å². The number of hydrogen-bond donors (Lipinski definition) is 0. The molecule has 1 nitrogen and oxygen atoms in total. The van der Waals surface area contributed by atoms with Crippen LogP contribution in [0.25, 0.3) is 11.3 Å². The van der Waals surface area contributed by atoms with Gasteiger partial charge in [0.15, 0.2) is 0 Å². The Kier molecular flexibility index (Phi) is 1.67. The third kappa shape index (κ3) is 2.01. The fourth-order valence-corrected chi connectivity index (χ4v) is 1.25. The predicted octanol–water partition coefficient (Wildman–Crippen LogP) is 3.34. The van der Waals surface area contributed by atoms with Crippen molar-refractivity contribution in [2.24, 2.45) is 0 Å². The molecule has 1 aromatic carbocycles. The van der Waals surface area contributed by atoms with E-state index in [1.165, 1.54) is 12.1 Å². The Morgan fingerprint density at radius 2 is 2.07 bits per heavy atom. The number of rotatable bonds is 1. The lowest BCUT2D eigenvalue weighted by atomic mass is 10.1. The fraction of sp³-hybridized carbons (Fsp3) is 0.0833. The molecule has 0 radical (unpaired) electrons. The van der Waals surface area contributed by atoms with Gasteiger partial charge in [0.2, 0.25) is 0 Å². The van der Waals surface area contributed by atoms with Crippen LogP contribution in [0.5, 0.6) is 0 Å². The lowest BCUT2D eigenvalue weighted by Crippen LogP contribution is -1.89. The van der Waals surface area contributed by atoms with E-state index in [2.05, 4.69) is 4.98 Å². The molecule has 0 amide bonds. The number of hydrogen-bond acceptors (Lipinski definition) is 1. The number of aryl methyl sites for hydroxylation is 1. The van der Waals surface area contributed by atoms with Crippen molar-refractivity contribution in [1.82, 2.24) is 4.98 Å². The lowest BCUT2D eigenvalue weighted by molar-refractivity contribution is 0.602. The number of nitrogens with zero attached hydrogens (tertiary/aromatic N) is 1. The molecule has 0 aliphatic heterocycles. The summed E-state index contributed by atoms with van der Waals surface area (Å²) in [5.74, 6) is -1.18. The van der Waals surface area contributed by atoms with Crippen molar-refractivity contribution >= 4 is 0 Å². The van der Waals surface area contributed by atoms with Crippen LogP contribution in [0.4, 0.5) is 8.78 Å². The van der Waals surface area contributed by atoms with Crippen LogP contribution in [-0.2, 0) is 0 Å². The van der Waals surface area contributed by atoms with Gasteiger partial charge in [0.25, 0.3) is 0 Å². The minimum absolute atomic E-state index is 0.00657. The second-order valence-electron chi connectivity index (χ2n) is 3.06. The molecule has 76 valence electrons. The first-order chi connectivity index (χ1) is 8.38. The van der Waals surface area contributed by atoms with E-state index in [1.54, 1.807) is 0 Å². The SMILES string of the molecule is [2H]C([2H])([2H])c1ccc(-c2cc(F)ccc2F)nc1. The number of aromatic nitrogens is 1. The zero-order chi connectivity index (χ0) is 13.3. The van der Waals surface area contributed by atoms with E-state index in [0.29, 0.717) is 0 Å². The molecular formula is C12H9F2N. The number of pyridine rings is 1. The van der Waals surface area contributed by atoms with Crippen LogP contribution < -0.4 is 0 Å². The van der Waals surface area contributed by atoms with E-state index in [4.69, 9.17) is 4.11 Å². The van der Waals surface area contributed by atoms with Gasteiger partial charge in [-0.15, -0.1) is 0 Å². The van der Waals surface area contributed by atoms with Gasteiger partial charge in [-0.3, -0.25) is 4.98 Å². The van der Waals surface area contributed by atoms with Gasteiger partial charge >= 0.3 is 0 Å². The van der Waals surface area contributed by atoms with E-state index in [-0.39, 0.29) is 16.8 Å². The molecule has 2 aromatic rings. The molecule has 0 aliphatic carbocycles. The summed E-state index contributed by atoms with van der Waals surface area (Å²) in [6, 6.07) is 5.73. The third-order valence-electron chi connectivity index (χ3n) is 1.97. The van der Waals surface area contributed by atoms with Gasteiger partial charge in [0.05, 0.1) is 5.69 Å². The molecule has 0 bridgehead atoms. The first-order valence-corrected chi connectivity index (χ1v) is 4.30. The second kappa shape index (κ2) is 3.77. The first-order valence-electron chi connectivity index (χ1n) is 5.80. The van der Waals surface area contributed by atoms with Gasteiger partial charge < -0.3 is 0 Å². The maximum Gasteiger partial charge on any atom is 0.132 e. The average Bonchev–Trinajstić information content (AvgIpc) is 2.31. The van der Waals surface area contributed by atoms with Crippen molar-refractivity contribution in [1.29, 1.82) is 0 Å². The molecule has 0 spiro atoms. The summed E-state index contributed by atoms with van der Waals surface area (Å²) < 4.78 is 48.0. The van der Waals surface area contributed by atoms with Crippen molar-refractivity contribution in [3.05, 3.63) is 53.7 Å². The number of halogens is 2. The average molecular weight is 208 g/mol. The number of benzene rings is 1. The molecule has 0 atom stereocenters. The Morgan fingerprint density at radius 1 is 1.20 bits per heavy atom. The summed E-state index contributed by atoms with van der Waals surface area (Å²) in [5, 5.41) is 0. The molecule has 0 aliphatic rings.